The summed E-state index contributed by atoms with van der Waals surface area (Å²) < 4.78 is 0.853. The standard InChI is InChI=1S/C15H17BrN2O2/c1-2-11-14(19)17-9-5-8-13(17)15(20)18(11)12-7-4-3-6-10(12)16/h3-4,6-7,11,13H,2,5,8-9H2,1H3. The van der Waals surface area contributed by atoms with E-state index in [-0.39, 0.29) is 23.9 Å². The predicted molar refractivity (Wildman–Crippen MR) is 80.4 cm³/mol. The fourth-order valence-electron chi connectivity index (χ4n) is 3.19. The maximum absolute atomic E-state index is 12.8. The third kappa shape index (κ3) is 1.95. The highest BCUT2D eigenvalue weighted by Gasteiger charge is 2.47. The van der Waals surface area contributed by atoms with Crippen LogP contribution >= 0.6 is 15.9 Å². The summed E-state index contributed by atoms with van der Waals surface area (Å²) in [4.78, 5) is 28.8. The quantitative estimate of drug-likeness (QED) is 0.832. The molecule has 2 unspecified atom stereocenters. The molecule has 2 amide bonds. The van der Waals surface area contributed by atoms with Crippen molar-refractivity contribution in [1.29, 1.82) is 0 Å². The van der Waals surface area contributed by atoms with Gasteiger partial charge in [0.2, 0.25) is 5.91 Å². The molecule has 2 aliphatic heterocycles. The molecule has 0 N–H and O–H groups in total. The number of para-hydroxylation sites is 1. The van der Waals surface area contributed by atoms with Crippen LogP contribution in [-0.2, 0) is 9.59 Å². The summed E-state index contributed by atoms with van der Waals surface area (Å²) in [7, 11) is 0. The van der Waals surface area contributed by atoms with Gasteiger partial charge in [0.15, 0.2) is 0 Å². The Balaban J connectivity index is 2.05. The van der Waals surface area contributed by atoms with Crippen LogP contribution in [0.5, 0.6) is 0 Å². The van der Waals surface area contributed by atoms with Crippen LogP contribution in [0.15, 0.2) is 28.7 Å². The highest BCUT2D eigenvalue weighted by molar-refractivity contribution is 9.10. The number of carbonyl (C=O) groups is 2. The second kappa shape index (κ2) is 5.20. The molecule has 1 aromatic carbocycles. The number of benzene rings is 1. The molecular weight excluding hydrogens is 320 g/mol. The number of hydrogen-bond donors (Lipinski definition) is 0. The third-order valence-electron chi connectivity index (χ3n) is 4.15. The molecule has 2 fully saturated rings. The molecule has 5 heteroatoms. The lowest BCUT2D eigenvalue weighted by Crippen LogP contribution is -2.63. The van der Waals surface area contributed by atoms with Gasteiger partial charge in [0, 0.05) is 11.0 Å². The highest BCUT2D eigenvalue weighted by atomic mass is 79.9. The van der Waals surface area contributed by atoms with Crippen molar-refractivity contribution in [2.24, 2.45) is 0 Å². The van der Waals surface area contributed by atoms with Crippen molar-refractivity contribution in [2.75, 3.05) is 11.4 Å². The summed E-state index contributed by atoms with van der Waals surface area (Å²) in [6, 6.07) is 6.95. The lowest BCUT2D eigenvalue weighted by atomic mass is 10.0. The maximum atomic E-state index is 12.8. The Morgan fingerprint density at radius 3 is 2.70 bits per heavy atom. The Morgan fingerprint density at radius 1 is 1.25 bits per heavy atom. The van der Waals surface area contributed by atoms with Gasteiger partial charge >= 0.3 is 0 Å². The number of carbonyl (C=O) groups excluding carboxylic acids is 2. The lowest BCUT2D eigenvalue weighted by molar-refractivity contribution is -0.144. The predicted octanol–water partition coefficient (Wildman–Crippen LogP) is 2.57. The summed E-state index contributed by atoms with van der Waals surface area (Å²) in [6.07, 6.45) is 2.33. The van der Waals surface area contributed by atoms with E-state index in [1.165, 1.54) is 0 Å². The zero-order chi connectivity index (χ0) is 14.3. The summed E-state index contributed by atoms with van der Waals surface area (Å²) in [6.45, 7) is 2.67. The molecular formula is C15H17BrN2O2. The summed E-state index contributed by atoms with van der Waals surface area (Å²) in [5, 5.41) is 0. The highest BCUT2D eigenvalue weighted by Crippen LogP contribution is 2.35. The van der Waals surface area contributed by atoms with Crippen molar-refractivity contribution < 1.29 is 9.59 Å². The minimum atomic E-state index is -0.379. The Labute approximate surface area is 126 Å². The van der Waals surface area contributed by atoms with Gasteiger partial charge < -0.3 is 4.90 Å². The number of nitrogens with zero attached hydrogens (tertiary/aromatic N) is 2. The molecule has 2 atom stereocenters. The summed E-state index contributed by atoms with van der Waals surface area (Å²) in [5.41, 5.74) is 0.796. The molecule has 20 heavy (non-hydrogen) atoms. The van der Waals surface area contributed by atoms with Gasteiger partial charge in [-0.1, -0.05) is 19.1 Å². The monoisotopic (exact) mass is 336 g/mol. The zero-order valence-corrected chi connectivity index (χ0v) is 13.0. The normalized spacial score (nSPS) is 26.1. The van der Waals surface area contributed by atoms with Crippen LogP contribution in [-0.4, -0.2) is 35.3 Å². The smallest absolute Gasteiger partial charge is 0.250 e. The number of rotatable bonds is 2. The molecule has 0 radical (unpaired) electrons. The average molecular weight is 337 g/mol. The topological polar surface area (TPSA) is 40.6 Å². The van der Waals surface area contributed by atoms with E-state index in [1.54, 1.807) is 9.80 Å². The van der Waals surface area contributed by atoms with Crippen molar-refractivity contribution in [1.82, 2.24) is 4.90 Å². The van der Waals surface area contributed by atoms with Crippen LogP contribution in [0.3, 0.4) is 0 Å². The largest absolute Gasteiger partial charge is 0.329 e. The average Bonchev–Trinajstić information content (AvgIpc) is 2.93. The molecule has 1 aromatic rings. The van der Waals surface area contributed by atoms with Crippen molar-refractivity contribution in [3.8, 4) is 0 Å². The second-order valence-electron chi connectivity index (χ2n) is 5.27. The van der Waals surface area contributed by atoms with Gasteiger partial charge in [-0.2, -0.15) is 0 Å². The molecule has 0 aromatic heterocycles. The molecule has 0 bridgehead atoms. The molecule has 4 nitrogen and oxygen atoms in total. The Kier molecular flexibility index (Phi) is 3.54. The molecule has 0 saturated carbocycles. The number of hydrogen-bond acceptors (Lipinski definition) is 2. The molecule has 0 aliphatic carbocycles. The molecule has 2 heterocycles. The second-order valence-corrected chi connectivity index (χ2v) is 6.13. The van der Waals surface area contributed by atoms with E-state index in [4.69, 9.17) is 0 Å². The third-order valence-corrected chi connectivity index (χ3v) is 4.82. The molecule has 106 valence electrons. The number of halogens is 1. The van der Waals surface area contributed by atoms with E-state index in [1.807, 2.05) is 31.2 Å². The van der Waals surface area contributed by atoms with Crippen LogP contribution < -0.4 is 4.90 Å². The molecule has 0 spiro atoms. The first-order chi connectivity index (χ1) is 9.65. The van der Waals surface area contributed by atoms with Crippen LogP contribution in [0.2, 0.25) is 0 Å². The first kappa shape index (κ1) is 13.6. The number of fused-ring (bicyclic) bond motifs is 1. The van der Waals surface area contributed by atoms with Crippen LogP contribution in [0.1, 0.15) is 26.2 Å². The van der Waals surface area contributed by atoms with Gasteiger partial charge in [-0.05, 0) is 47.3 Å². The molecule has 2 saturated heterocycles. The minimum Gasteiger partial charge on any atom is -0.329 e. The fourth-order valence-corrected chi connectivity index (χ4v) is 3.67. The first-order valence-electron chi connectivity index (χ1n) is 7.03. The maximum Gasteiger partial charge on any atom is 0.250 e. The van der Waals surface area contributed by atoms with Crippen molar-refractivity contribution in [3.63, 3.8) is 0 Å². The van der Waals surface area contributed by atoms with E-state index >= 15 is 0 Å². The minimum absolute atomic E-state index is 0.0563. The van der Waals surface area contributed by atoms with Gasteiger partial charge in [0.1, 0.15) is 12.1 Å². The lowest BCUT2D eigenvalue weighted by Gasteiger charge is -2.42. The Morgan fingerprint density at radius 2 is 2.00 bits per heavy atom. The molecule has 2 aliphatic rings. The first-order valence-corrected chi connectivity index (χ1v) is 7.82. The number of anilines is 1. The van der Waals surface area contributed by atoms with E-state index in [9.17, 15) is 9.59 Å². The van der Waals surface area contributed by atoms with Gasteiger partial charge in [-0.3, -0.25) is 14.5 Å². The van der Waals surface area contributed by atoms with Crippen molar-refractivity contribution >= 4 is 33.4 Å². The van der Waals surface area contributed by atoms with Gasteiger partial charge in [-0.25, -0.2) is 0 Å². The molecule has 3 rings (SSSR count). The van der Waals surface area contributed by atoms with Gasteiger partial charge in [0.05, 0.1) is 5.69 Å². The SMILES string of the molecule is CCC1C(=O)N2CCCC2C(=O)N1c1ccccc1Br. The Hall–Kier alpha value is -1.36. The van der Waals surface area contributed by atoms with Crippen molar-refractivity contribution in [3.05, 3.63) is 28.7 Å². The van der Waals surface area contributed by atoms with Gasteiger partial charge in [0.25, 0.3) is 5.91 Å². The van der Waals surface area contributed by atoms with E-state index in [2.05, 4.69) is 15.9 Å². The van der Waals surface area contributed by atoms with Crippen LogP contribution in [0.4, 0.5) is 5.69 Å². The summed E-state index contributed by atoms with van der Waals surface area (Å²) in [5.74, 6) is 0.145. The van der Waals surface area contributed by atoms with Crippen LogP contribution in [0.25, 0.3) is 0 Å². The van der Waals surface area contributed by atoms with Gasteiger partial charge in [-0.15, -0.1) is 0 Å². The fraction of sp³-hybridized carbons (Fsp3) is 0.467. The zero-order valence-electron chi connectivity index (χ0n) is 11.4. The number of piperazine rings is 1. The summed E-state index contributed by atoms with van der Waals surface area (Å²) >= 11 is 3.49. The van der Waals surface area contributed by atoms with E-state index < -0.39 is 0 Å². The number of amides is 2. The van der Waals surface area contributed by atoms with E-state index in [0.717, 1.165) is 29.5 Å². The Bertz CT molecular complexity index is 561. The van der Waals surface area contributed by atoms with E-state index in [0.29, 0.717) is 6.42 Å². The van der Waals surface area contributed by atoms with Crippen molar-refractivity contribution in [2.45, 2.75) is 38.3 Å². The van der Waals surface area contributed by atoms with Crippen LogP contribution in [0, 0.1) is 0 Å².